The van der Waals surface area contributed by atoms with Crippen LogP contribution in [0.25, 0.3) is 0 Å². The molecule has 0 radical (unpaired) electrons. The van der Waals surface area contributed by atoms with Crippen LogP contribution in [-0.4, -0.2) is 33.5 Å². The molecule has 1 aliphatic heterocycles. The van der Waals surface area contributed by atoms with Crippen molar-refractivity contribution >= 4 is 5.97 Å². The second-order valence-corrected chi connectivity index (χ2v) is 7.77. The van der Waals surface area contributed by atoms with E-state index in [1.54, 1.807) is 19.1 Å². The summed E-state index contributed by atoms with van der Waals surface area (Å²) in [6.07, 6.45) is 10.1. The summed E-state index contributed by atoms with van der Waals surface area (Å²) >= 11 is 0. The molecule has 1 heterocycles. The van der Waals surface area contributed by atoms with Crippen LogP contribution in [0.4, 0.5) is 0 Å². The van der Waals surface area contributed by atoms with Crippen LogP contribution in [0.3, 0.4) is 0 Å². The van der Waals surface area contributed by atoms with Gasteiger partial charge in [-0.3, -0.25) is 0 Å². The molecule has 0 spiro atoms. The number of rotatable bonds is 1. The number of carbonyl (C=O) groups excluding carboxylic acids is 1. The molecule has 134 valence electrons. The topological polar surface area (TPSA) is 66.8 Å². The molecule has 0 saturated heterocycles. The molecule has 2 aliphatic rings. The van der Waals surface area contributed by atoms with Gasteiger partial charge in [0, 0.05) is 12.0 Å². The highest BCUT2D eigenvalue weighted by molar-refractivity contribution is 5.90. The maximum atomic E-state index is 12.0. The van der Waals surface area contributed by atoms with Gasteiger partial charge in [0.15, 0.2) is 0 Å². The number of fused-ring (bicyclic) bond motifs is 1. The molecule has 2 N–H and O–H groups in total. The van der Waals surface area contributed by atoms with Crippen molar-refractivity contribution in [2.75, 3.05) is 0 Å². The monoisotopic (exact) mass is 334 g/mol. The number of ether oxygens (including phenoxy) is 1. The second kappa shape index (κ2) is 7.24. The van der Waals surface area contributed by atoms with Crippen LogP contribution in [0.5, 0.6) is 0 Å². The van der Waals surface area contributed by atoms with E-state index in [1.807, 2.05) is 26.8 Å². The Morgan fingerprint density at radius 3 is 2.62 bits per heavy atom. The lowest BCUT2D eigenvalue weighted by Gasteiger charge is -2.30. The molecule has 2 rings (SSSR count). The van der Waals surface area contributed by atoms with Crippen molar-refractivity contribution in [2.24, 2.45) is 5.92 Å². The molecule has 4 heteroatoms. The Morgan fingerprint density at radius 1 is 1.25 bits per heavy atom. The number of aliphatic hydroxyl groups is 2. The lowest BCUT2D eigenvalue weighted by Crippen LogP contribution is -2.34. The summed E-state index contributed by atoms with van der Waals surface area (Å²) in [4.78, 5) is 12.0. The lowest BCUT2D eigenvalue weighted by atomic mass is 9.82. The van der Waals surface area contributed by atoms with Crippen LogP contribution in [0.15, 0.2) is 35.5 Å². The zero-order valence-corrected chi connectivity index (χ0v) is 15.2. The van der Waals surface area contributed by atoms with Gasteiger partial charge in [0.1, 0.15) is 6.10 Å². The van der Waals surface area contributed by atoms with Gasteiger partial charge in [-0.25, -0.2) is 4.79 Å². The third kappa shape index (κ3) is 4.81. The summed E-state index contributed by atoms with van der Waals surface area (Å²) in [5.41, 5.74) is -0.224. The largest absolute Gasteiger partial charge is 0.454 e. The molecule has 24 heavy (non-hydrogen) atoms. The first kappa shape index (κ1) is 18.9. The molecular weight excluding hydrogens is 304 g/mol. The molecule has 0 unspecified atom stereocenters. The first-order valence-electron chi connectivity index (χ1n) is 8.84. The van der Waals surface area contributed by atoms with Gasteiger partial charge in [0.2, 0.25) is 0 Å². The van der Waals surface area contributed by atoms with Gasteiger partial charge in [-0.1, -0.05) is 37.6 Å². The summed E-state index contributed by atoms with van der Waals surface area (Å²) in [5.74, 6) is -0.293. The van der Waals surface area contributed by atoms with Gasteiger partial charge in [-0.15, -0.1) is 0 Å². The number of allylic oxidation sites excluding steroid dienone is 1. The predicted molar refractivity (Wildman–Crippen MR) is 94.4 cm³/mol. The van der Waals surface area contributed by atoms with Crippen molar-refractivity contribution in [1.29, 1.82) is 0 Å². The Morgan fingerprint density at radius 2 is 1.96 bits per heavy atom. The fourth-order valence-corrected chi connectivity index (χ4v) is 3.14. The van der Waals surface area contributed by atoms with Crippen molar-refractivity contribution in [3.8, 4) is 0 Å². The molecule has 0 fully saturated rings. The van der Waals surface area contributed by atoms with Crippen LogP contribution < -0.4 is 0 Å². The molecule has 0 aromatic heterocycles. The summed E-state index contributed by atoms with van der Waals surface area (Å²) in [7, 11) is 0. The van der Waals surface area contributed by atoms with Crippen LogP contribution in [0, 0.1) is 5.92 Å². The summed E-state index contributed by atoms with van der Waals surface area (Å²) in [5, 5.41) is 21.5. The normalized spacial score (nSPS) is 38.8. The van der Waals surface area contributed by atoms with Gasteiger partial charge >= 0.3 is 5.97 Å². The minimum Gasteiger partial charge on any atom is -0.454 e. The second-order valence-electron chi connectivity index (χ2n) is 7.77. The average Bonchev–Trinajstić information content (AvgIpc) is 2.81. The highest BCUT2D eigenvalue weighted by Gasteiger charge is 2.32. The van der Waals surface area contributed by atoms with E-state index in [9.17, 15) is 15.0 Å². The fourth-order valence-electron chi connectivity index (χ4n) is 3.14. The third-order valence-electron chi connectivity index (χ3n) is 5.10. The van der Waals surface area contributed by atoms with Gasteiger partial charge in [0.05, 0.1) is 11.2 Å². The van der Waals surface area contributed by atoms with E-state index in [1.165, 1.54) is 0 Å². The maximum absolute atomic E-state index is 12.0. The van der Waals surface area contributed by atoms with E-state index in [0.717, 1.165) is 12.0 Å². The molecule has 0 amide bonds. The summed E-state index contributed by atoms with van der Waals surface area (Å²) < 4.78 is 5.42. The van der Waals surface area contributed by atoms with E-state index >= 15 is 0 Å². The van der Waals surface area contributed by atoms with Crippen molar-refractivity contribution in [2.45, 2.75) is 77.1 Å². The highest BCUT2D eigenvalue weighted by atomic mass is 16.5. The minimum atomic E-state index is -1.06. The molecule has 0 aromatic rings. The van der Waals surface area contributed by atoms with E-state index in [-0.39, 0.29) is 18.0 Å². The van der Waals surface area contributed by atoms with Gasteiger partial charge in [0.25, 0.3) is 0 Å². The number of hydrogen-bond donors (Lipinski definition) is 2. The van der Waals surface area contributed by atoms with E-state index in [0.29, 0.717) is 31.3 Å². The zero-order valence-electron chi connectivity index (χ0n) is 15.2. The van der Waals surface area contributed by atoms with Crippen molar-refractivity contribution in [3.05, 3.63) is 35.5 Å². The Balaban J connectivity index is 2.30. The summed E-state index contributed by atoms with van der Waals surface area (Å²) in [6, 6.07) is 0. The summed E-state index contributed by atoms with van der Waals surface area (Å²) in [6.45, 7) is 7.67. The van der Waals surface area contributed by atoms with E-state index < -0.39 is 11.2 Å². The molecule has 3 atom stereocenters. The van der Waals surface area contributed by atoms with Crippen LogP contribution >= 0.6 is 0 Å². The Hall–Kier alpha value is -1.39. The highest BCUT2D eigenvalue weighted by Crippen LogP contribution is 2.31. The molecule has 2 bridgehead atoms. The maximum Gasteiger partial charge on any atom is 0.334 e. The Kier molecular flexibility index (Phi) is 5.71. The molecule has 1 aliphatic carbocycles. The number of esters is 1. The molecule has 0 aromatic carbocycles. The zero-order chi connectivity index (χ0) is 18.0. The molecule has 0 saturated carbocycles. The molecular formula is C20H30O4. The van der Waals surface area contributed by atoms with Crippen molar-refractivity contribution in [1.82, 2.24) is 0 Å². The van der Waals surface area contributed by atoms with Gasteiger partial charge < -0.3 is 14.9 Å². The van der Waals surface area contributed by atoms with E-state index in [2.05, 4.69) is 6.08 Å². The van der Waals surface area contributed by atoms with Crippen molar-refractivity contribution < 1.29 is 19.7 Å². The average molecular weight is 334 g/mol. The van der Waals surface area contributed by atoms with Crippen LogP contribution in [-0.2, 0) is 9.53 Å². The number of carbonyl (C=O) groups is 1. The van der Waals surface area contributed by atoms with Crippen molar-refractivity contribution in [3.63, 3.8) is 0 Å². The standard InChI is InChI=1S/C20H30O4/c1-14(2)20(23)9-7-16-13-17(24-18(16)21)12-15(3)6-5-8-19(4,22)10-11-20/h6,10-11,13-14,17,22-23H,5,7-9,12H2,1-4H3/b11-10-,15-6-/t17-,19-,20+/m0/s1. The fraction of sp³-hybridized carbons (Fsp3) is 0.650. The minimum absolute atomic E-state index is 0.0200. The van der Waals surface area contributed by atoms with Gasteiger partial charge in [-0.05, 0) is 51.5 Å². The Labute approximate surface area is 144 Å². The quantitative estimate of drug-likeness (QED) is 0.569. The van der Waals surface area contributed by atoms with Crippen LogP contribution in [0.2, 0.25) is 0 Å². The predicted octanol–water partition coefficient (Wildman–Crippen LogP) is 3.44. The van der Waals surface area contributed by atoms with E-state index in [4.69, 9.17) is 4.74 Å². The van der Waals surface area contributed by atoms with Gasteiger partial charge in [-0.2, -0.15) is 0 Å². The third-order valence-corrected chi connectivity index (χ3v) is 5.10. The first-order valence-corrected chi connectivity index (χ1v) is 8.84. The van der Waals surface area contributed by atoms with Crippen LogP contribution in [0.1, 0.15) is 59.8 Å². The number of hydrogen-bond acceptors (Lipinski definition) is 4. The smallest absolute Gasteiger partial charge is 0.334 e. The Bertz CT molecular complexity index is 568. The first-order chi connectivity index (χ1) is 11.1. The lowest BCUT2D eigenvalue weighted by molar-refractivity contribution is -0.139. The molecule has 4 nitrogen and oxygen atoms in total. The SMILES string of the molecule is C/C1=C/CC[C@](C)(O)/C=C\[C@@](O)(C(C)C)CCC2=C[C@H](C1)OC2=O.